The van der Waals surface area contributed by atoms with Gasteiger partial charge in [-0.05, 0) is 40.5 Å². The Morgan fingerprint density at radius 3 is 1.92 bits per heavy atom. The molecule has 0 unspecified atom stereocenters. The first-order valence-electron chi connectivity index (χ1n) is 4.68. The highest BCUT2D eigenvalue weighted by Gasteiger charge is 2.44. The van der Waals surface area contributed by atoms with Crippen molar-refractivity contribution in [1.82, 2.24) is 5.06 Å². The van der Waals surface area contributed by atoms with Crippen molar-refractivity contribution in [2.24, 2.45) is 5.92 Å². The molecule has 0 aliphatic carbocycles. The SMILES string of the molecule is CC1(C)CC(C#N)CC(C)(C)N1O. The highest BCUT2D eigenvalue weighted by molar-refractivity contribution is 5.02. The Bertz CT molecular complexity index is 222. The van der Waals surface area contributed by atoms with Crippen LogP contribution in [0.3, 0.4) is 0 Å². The average molecular weight is 182 g/mol. The Morgan fingerprint density at radius 2 is 1.62 bits per heavy atom. The number of hydroxylamine groups is 2. The van der Waals surface area contributed by atoms with Crippen LogP contribution >= 0.6 is 0 Å². The van der Waals surface area contributed by atoms with Gasteiger partial charge in [-0.3, -0.25) is 0 Å². The second-order valence-electron chi connectivity index (χ2n) is 5.17. The molecule has 74 valence electrons. The molecule has 0 saturated carbocycles. The molecule has 0 amide bonds. The first-order chi connectivity index (χ1) is 5.79. The van der Waals surface area contributed by atoms with Crippen molar-refractivity contribution in [1.29, 1.82) is 5.26 Å². The maximum absolute atomic E-state index is 9.90. The number of nitriles is 1. The molecule has 0 spiro atoms. The minimum atomic E-state index is -0.290. The fourth-order valence-corrected chi connectivity index (χ4v) is 2.36. The lowest BCUT2D eigenvalue weighted by molar-refractivity contribution is -0.247. The smallest absolute Gasteiger partial charge is 0.0657 e. The number of rotatable bonds is 0. The van der Waals surface area contributed by atoms with Crippen LogP contribution in [-0.2, 0) is 0 Å². The van der Waals surface area contributed by atoms with Crippen molar-refractivity contribution < 1.29 is 5.21 Å². The van der Waals surface area contributed by atoms with Gasteiger partial charge in [0.2, 0.25) is 0 Å². The van der Waals surface area contributed by atoms with E-state index in [1.807, 2.05) is 27.7 Å². The van der Waals surface area contributed by atoms with Gasteiger partial charge in [-0.2, -0.15) is 10.3 Å². The molecule has 1 heterocycles. The molecule has 3 nitrogen and oxygen atoms in total. The lowest BCUT2D eigenvalue weighted by Crippen LogP contribution is -2.58. The van der Waals surface area contributed by atoms with E-state index in [4.69, 9.17) is 5.26 Å². The van der Waals surface area contributed by atoms with Gasteiger partial charge in [0.25, 0.3) is 0 Å². The summed E-state index contributed by atoms with van der Waals surface area (Å²) in [6.45, 7) is 7.88. The van der Waals surface area contributed by atoms with E-state index in [2.05, 4.69) is 6.07 Å². The van der Waals surface area contributed by atoms with Gasteiger partial charge in [0.1, 0.15) is 0 Å². The summed E-state index contributed by atoms with van der Waals surface area (Å²) in [6, 6.07) is 2.30. The van der Waals surface area contributed by atoms with Crippen LogP contribution in [0.4, 0.5) is 0 Å². The highest BCUT2D eigenvalue weighted by Crippen LogP contribution is 2.39. The van der Waals surface area contributed by atoms with Crippen LogP contribution in [-0.4, -0.2) is 21.3 Å². The Labute approximate surface area is 79.9 Å². The summed E-state index contributed by atoms with van der Waals surface area (Å²) in [5, 5.41) is 20.2. The Morgan fingerprint density at radius 1 is 1.23 bits per heavy atom. The third-order valence-corrected chi connectivity index (χ3v) is 2.82. The molecule has 1 rings (SSSR count). The summed E-state index contributed by atoms with van der Waals surface area (Å²) < 4.78 is 0. The van der Waals surface area contributed by atoms with E-state index in [1.54, 1.807) is 0 Å². The van der Waals surface area contributed by atoms with Crippen LogP contribution in [0, 0.1) is 17.2 Å². The van der Waals surface area contributed by atoms with Crippen molar-refractivity contribution in [2.45, 2.75) is 51.6 Å². The van der Waals surface area contributed by atoms with E-state index in [0.29, 0.717) is 0 Å². The maximum atomic E-state index is 9.90. The number of hydrogen-bond acceptors (Lipinski definition) is 3. The van der Waals surface area contributed by atoms with Crippen LogP contribution in [0.5, 0.6) is 0 Å². The van der Waals surface area contributed by atoms with E-state index >= 15 is 0 Å². The summed E-state index contributed by atoms with van der Waals surface area (Å²) in [5.74, 6) is 0.0633. The molecular weight excluding hydrogens is 164 g/mol. The molecule has 0 bridgehead atoms. The molecule has 3 heteroatoms. The minimum Gasteiger partial charge on any atom is -0.313 e. The molecule has 0 aromatic heterocycles. The normalized spacial score (nSPS) is 28.3. The van der Waals surface area contributed by atoms with Gasteiger partial charge in [0.15, 0.2) is 0 Å². The van der Waals surface area contributed by atoms with Crippen molar-refractivity contribution in [3.63, 3.8) is 0 Å². The van der Waals surface area contributed by atoms with Crippen LogP contribution in [0.2, 0.25) is 0 Å². The van der Waals surface area contributed by atoms with E-state index < -0.39 is 0 Å². The first kappa shape index (κ1) is 10.5. The van der Waals surface area contributed by atoms with Crippen LogP contribution in [0.15, 0.2) is 0 Å². The van der Waals surface area contributed by atoms with Gasteiger partial charge in [-0.1, -0.05) is 0 Å². The molecule has 0 atom stereocenters. The maximum Gasteiger partial charge on any atom is 0.0657 e. The number of hydrogen-bond donors (Lipinski definition) is 1. The van der Waals surface area contributed by atoms with E-state index in [-0.39, 0.29) is 17.0 Å². The zero-order valence-corrected chi connectivity index (χ0v) is 8.83. The third-order valence-electron chi connectivity index (χ3n) is 2.82. The fraction of sp³-hybridized carbons (Fsp3) is 0.900. The van der Waals surface area contributed by atoms with Crippen molar-refractivity contribution in [3.8, 4) is 6.07 Å². The molecule has 0 aromatic rings. The predicted molar refractivity (Wildman–Crippen MR) is 50.1 cm³/mol. The zero-order chi connectivity index (χ0) is 10.3. The lowest BCUT2D eigenvalue weighted by atomic mass is 9.76. The van der Waals surface area contributed by atoms with E-state index in [1.165, 1.54) is 5.06 Å². The molecule has 1 fully saturated rings. The lowest BCUT2D eigenvalue weighted by Gasteiger charge is -2.50. The summed E-state index contributed by atoms with van der Waals surface area (Å²) in [6.07, 6.45) is 1.48. The molecule has 1 N–H and O–H groups in total. The van der Waals surface area contributed by atoms with E-state index in [9.17, 15) is 5.21 Å². The molecule has 0 aromatic carbocycles. The van der Waals surface area contributed by atoms with Crippen molar-refractivity contribution in [3.05, 3.63) is 0 Å². The van der Waals surface area contributed by atoms with Crippen LogP contribution < -0.4 is 0 Å². The summed E-state index contributed by atoms with van der Waals surface area (Å²) >= 11 is 0. The molecule has 0 radical (unpaired) electrons. The number of nitrogens with zero attached hydrogens (tertiary/aromatic N) is 2. The second-order valence-corrected chi connectivity index (χ2v) is 5.17. The first-order valence-corrected chi connectivity index (χ1v) is 4.68. The molecule has 1 saturated heterocycles. The standard InChI is InChI=1S/C10H18N2O/c1-9(2)5-8(7-11)6-10(3,4)12(9)13/h8,13H,5-6H2,1-4H3. The molecule has 13 heavy (non-hydrogen) atoms. The molecule has 1 aliphatic heterocycles. The summed E-state index contributed by atoms with van der Waals surface area (Å²) in [7, 11) is 0. The molecular formula is C10H18N2O. The van der Waals surface area contributed by atoms with Gasteiger partial charge >= 0.3 is 0 Å². The molecule has 1 aliphatic rings. The largest absolute Gasteiger partial charge is 0.313 e. The second kappa shape index (κ2) is 2.97. The summed E-state index contributed by atoms with van der Waals surface area (Å²) in [4.78, 5) is 0. The van der Waals surface area contributed by atoms with Crippen LogP contribution in [0.25, 0.3) is 0 Å². The van der Waals surface area contributed by atoms with Crippen molar-refractivity contribution in [2.75, 3.05) is 0 Å². The van der Waals surface area contributed by atoms with Gasteiger partial charge in [0, 0.05) is 17.0 Å². The average Bonchev–Trinajstić information content (AvgIpc) is 1.99. The third kappa shape index (κ3) is 1.84. The van der Waals surface area contributed by atoms with E-state index in [0.717, 1.165) is 12.8 Å². The number of piperidine rings is 1. The highest BCUT2D eigenvalue weighted by atomic mass is 16.5. The Balaban J connectivity index is 2.90. The van der Waals surface area contributed by atoms with Gasteiger partial charge in [0.05, 0.1) is 6.07 Å². The van der Waals surface area contributed by atoms with Gasteiger partial charge in [-0.15, -0.1) is 0 Å². The minimum absolute atomic E-state index is 0.0633. The van der Waals surface area contributed by atoms with Crippen LogP contribution in [0.1, 0.15) is 40.5 Å². The summed E-state index contributed by atoms with van der Waals surface area (Å²) in [5.41, 5.74) is -0.579. The zero-order valence-electron chi connectivity index (χ0n) is 8.83. The Hall–Kier alpha value is -0.590. The van der Waals surface area contributed by atoms with Crippen molar-refractivity contribution >= 4 is 0 Å². The van der Waals surface area contributed by atoms with Gasteiger partial charge in [-0.25, -0.2) is 0 Å². The quantitative estimate of drug-likeness (QED) is 0.624. The monoisotopic (exact) mass is 182 g/mol. The Kier molecular flexibility index (Phi) is 2.40. The topological polar surface area (TPSA) is 47.3 Å². The van der Waals surface area contributed by atoms with Gasteiger partial charge < -0.3 is 5.21 Å². The predicted octanol–water partition coefficient (Wildman–Crippen LogP) is 2.17. The fourth-order valence-electron chi connectivity index (χ4n) is 2.36.